The Balaban J connectivity index is 1.14. The van der Waals surface area contributed by atoms with Crippen molar-refractivity contribution in [3.63, 3.8) is 0 Å². The van der Waals surface area contributed by atoms with Crippen molar-refractivity contribution in [2.45, 2.75) is 0 Å². The molecule has 0 bridgehead atoms. The second-order valence-corrected chi connectivity index (χ2v) is 13.6. The van der Waals surface area contributed by atoms with Gasteiger partial charge in [0.05, 0.1) is 0 Å². The van der Waals surface area contributed by atoms with E-state index in [-0.39, 0.29) is 0 Å². The molecule has 0 unspecified atom stereocenters. The zero-order valence-corrected chi connectivity index (χ0v) is 27.3. The van der Waals surface area contributed by atoms with Gasteiger partial charge in [-0.15, -0.1) is 11.3 Å². The van der Waals surface area contributed by atoms with Crippen molar-refractivity contribution in [1.82, 2.24) is 0 Å². The molecule has 2 heterocycles. The van der Waals surface area contributed by atoms with E-state index in [0.29, 0.717) is 0 Å². The SMILES string of the molecule is c1ccc(-c2ccc(N(c3ccc(-c4c5ccccc5cc5c4oc4ccccc45)cc3)c3ccc4sc5ccccc5c4c3)cc2)cc1. The minimum Gasteiger partial charge on any atom is -0.455 e. The van der Waals surface area contributed by atoms with E-state index < -0.39 is 0 Å². The molecular weight excluding hydrogens is 615 g/mol. The van der Waals surface area contributed by atoms with Crippen LogP contribution in [0.3, 0.4) is 0 Å². The lowest BCUT2D eigenvalue weighted by atomic mass is 9.95. The molecule has 0 spiro atoms. The van der Waals surface area contributed by atoms with E-state index in [2.05, 4.69) is 175 Å². The molecule has 0 aliphatic rings. The van der Waals surface area contributed by atoms with Crippen LogP contribution in [0.4, 0.5) is 17.1 Å². The minimum atomic E-state index is 0.909. The van der Waals surface area contributed by atoms with E-state index >= 15 is 0 Å². The average molecular weight is 644 g/mol. The topological polar surface area (TPSA) is 16.4 Å². The van der Waals surface area contributed by atoms with Gasteiger partial charge in [0.15, 0.2) is 0 Å². The van der Waals surface area contributed by atoms with Gasteiger partial charge in [-0.05, 0) is 88.1 Å². The Morgan fingerprint density at radius 3 is 1.78 bits per heavy atom. The first-order chi connectivity index (χ1) is 24.3. The quantitative estimate of drug-likeness (QED) is 0.186. The highest BCUT2D eigenvalue weighted by atomic mass is 32.1. The third-order valence-electron chi connectivity index (χ3n) is 9.66. The first-order valence-electron chi connectivity index (χ1n) is 16.6. The third-order valence-corrected chi connectivity index (χ3v) is 10.8. The fourth-order valence-corrected chi connectivity index (χ4v) is 8.41. The summed E-state index contributed by atoms with van der Waals surface area (Å²) in [6.07, 6.45) is 0. The predicted molar refractivity (Wildman–Crippen MR) is 210 cm³/mol. The summed E-state index contributed by atoms with van der Waals surface area (Å²) in [5.41, 5.74) is 9.83. The lowest BCUT2D eigenvalue weighted by Gasteiger charge is -2.26. The fourth-order valence-electron chi connectivity index (χ4n) is 7.32. The highest BCUT2D eigenvalue weighted by Gasteiger charge is 2.19. The molecule has 3 heteroatoms. The van der Waals surface area contributed by atoms with Crippen LogP contribution in [0.5, 0.6) is 0 Å². The molecule has 49 heavy (non-hydrogen) atoms. The van der Waals surface area contributed by atoms with Gasteiger partial charge < -0.3 is 9.32 Å². The molecule has 8 aromatic carbocycles. The number of furan rings is 1. The number of benzene rings is 8. The van der Waals surface area contributed by atoms with Gasteiger partial charge in [-0.3, -0.25) is 0 Å². The van der Waals surface area contributed by atoms with Gasteiger partial charge in [0.25, 0.3) is 0 Å². The number of anilines is 3. The molecule has 2 nitrogen and oxygen atoms in total. The van der Waals surface area contributed by atoms with E-state index in [1.807, 2.05) is 17.4 Å². The molecule has 0 saturated heterocycles. The van der Waals surface area contributed by atoms with Crippen LogP contribution in [0.1, 0.15) is 0 Å². The summed E-state index contributed by atoms with van der Waals surface area (Å²) < 4.78 is 9.18. The molecule has 10 aromatic rings. The van der Waals surface area contributed by atoms with Gasteiger partial charge in [0.2, 0.25) is 0 Å². The molecule has 230 valence electrons. The number of nitrogens with zero attached hydrogens (tertiary/aromatic N) is 1. The van der Waals surface area contributed by atoms with Crippen LogP contribution >= 0.6 is 11.3 Å². The molecule has 2 aromatic heterocycles. The van der Waals surface area contributed by atoms with Crippen LogP contribution in [0.15, 0.2) is 180 Å². The minimum absolute atomic E-state index is 0.909. The molecule has 0 N–H and O–H groups in total. The van der Waals surface area contributed by atoms with Crippen LogP contribution in [-0.4, -0.2) is 0 Å². The van der Waals surface area contributed by atoms with Crippen LogP contribution in [-0.2, 0) is 0 Å². The molecular formula is C46H29NOS. The standard InChI is InChI=1S/C46H29NOS/c1-2-10-30(11-3-1)31-18-22-34(23-19-31)47(36-26-27-44-40(29-36)39-15-7-9-17-43(39)49-44)35-24-20-32(21-25-35)45-37-13-5-4-12-33(37)28-41-38-14-6-8-16-42(38)48-46(41)45/h1-29H. The molecule has 0 atom stereocenters. The Morgan fingerprint density at radius 2 is 0.980 bits per heavy atom. The van der Waals surface area contributed by atoms with Crippen molar-refractivity contribution in [3.8, 4) is 22.3 Å². The summed E-state index contributed by atoms with van der Waals surface area (Å²) in [5.74, 6) is 0. The molecule has 0 amide bonds. The molecule has 0 aliphatic carbocycles. The third kappa shape index (κ3) is 4.62. The highest BCUT2D eigenvalue weighted by molar-refractivity contribution is 7.25. The van der Waals surface area contributed by atoms with Gasteiger partial charge in [-0.2, -0.15) is 0 Å². The van der Waals surface area contributed by atoms with Crippen molar-refractivity contribution in [3.05, 3.63) is 176 Å². The van der Waals surface area contributed by atoms with Crippen molar-refractivity contribution < 1.29 is 4.42 Å². The van der Waals surface area contributed by atoms with E-state index in [4.69, 9.17) is 4.42 Å². The molecule has 0 radical (unpaired) electrons. The Labute approximate surface area is 287 Å². The Kier molecular flexibility index (Phi) is 6.39. The van der Waals surface area contributed by atoms with Gasteiger partial charge in [-0.25, -0.2) is 0 Å². The predicted octanol–water partition coefficient (Wildman–Crippen LogP) is 13.9. The molecule has 0 saturated carbocycles. The first kappa shape index (κ1) is 27.9. The van der Waals surface area contributed by atoms with Crippen molar-refractivity contribution in [2.24, 2.45) is 0 Å². The zero-order valence-electron chi connectivity index (χ0n) is 26.5. The number of hydrogen-bond donors (Lipinski definition) is 0. The lowest BCUT2D eigenvalue weighted by Crippen LogP contribution is -2.09. The summed E-state index contributed by atoms with van der Waals surface area (Å²) in [7, 11) is 0. The monoisotopic (exact) mass is 643 g/mol. The first-order valence-corrected chi connectivity index (χ1v) is 17.4. The number of thiophene rings is 1. The number of hydrogen-bond acceptors (Lipinski definition) is 3. The number of rotatable bonds is 5. The fraction of sp³-hybridized carbons (Fsp3) is 0. The van der Waals surface area contributed by atoms with Gasteiger partial charge in [0.1, 0.15) is 11.2 Å². The van der Waals surface area contributed by atoms with Crippen LogP contribution < -0.4 is 4.90 Å². The van der Waals surface area contributed by atoms with Crippen LogP contribution in [0, 0.1) is 0 Å². The normalized spacial score (nSPS) is 11.7. The van der Waals surface area contributed by atoms with Crippen molar-refractivity contribution >= 4 is 81.3 Å². The van der Waals surface area contributed by atoms with Gasteiger partial charge in [-0.1, -0.05) is 115 Å². The zero-order chi connectivity index (χ0) is 32.3. The Hall–Kier alpha value is -6.16. The molecule has 0 fully saturated rings. The summed E-state index contributed by atoms with van der Waals surface area (Å²) in [4.78, 5) is 2.37. The highest BCUT2D eigenvalue weighted by Crippen LogP contribution is 2.44. The van der Waals surface area contributed by atoms with E-state index in [0.717, 1.165) is 50.1 Å². The number of fused-ring (bicyclic) bond motifs is 7. The van der Waals surface area contributed by atoms with E-state index in [9.17, 15) is 0 Å². The molecule has 0 aliphatic heterocycles. The lowest BCUT2D eigenvalue weighted by molar-refractivity contribution is 0.670. The van der Waals surface area contributed by atoms with E-state index in [1.54, 1.807) is 0 Å². The molecule has 10 rings (SSSR count). The van der Waals surface area contributed by atoms with Crippen molar-refractivity contribution in [2.75, 3.05) is 4.90 Å². The largest absolute Gasteiger partial charge is 0.455 e. The number of para-hydroxylation sites is 1. The van der Waals surface area contributed by atoms with Crippen LogP contribution in [0.2, 0.25) is 0 Å². The summed E-state index contributed by atoms with van der Waals surface area (Å²) in [5, 5.41) is 7.25. The van der Waals surface area contributed by atoms with Gasteiger partial charge in [0, 0.05) is 53.6 Å². The summed E-state index contributed by atoms with van der Waals surface area (Å²) in [6, 6.07) is 63.2. The maximum absolute atomic E-state index is 6.57. The summed E-state index contributed by atoms with van der Waals surface area (Å²) >= 11 is 1.85. The van der Waals surface area contributed by atoms with E-state index in [1.165, 1.54) is 42.1 Å². The Bertz CT molecular complexity index is 2810. The van der Waals surface area contributed by atoms with Gasteiger partial charge >= 0.3 is 0 Å². The summed E-state index contributed by atoms with van der Waals surface area (Å²) in [6.45, 7) is 0. The Morgan fingerprint density at radius 1 is 0.388 bits per heavy atom. The smallest absolute Gasteiger partial charge is 0.143 e. The maximum atomic E-state index is 6.57. The maximum Gasteiger partial charge on any atom is 0.143 e. The second-order valence-electron chi connectivity index (χ2n) is 12.5. The van der Waals surface area contributed by atoms with Crippen molar-refractivity contribution in [1.29, 1.82) is 0 Å². The second kappa shape index (κ2) is 11.2. The average Bonchev–Trinajstić information content (AvgIpc) is 3.73. The van der Waals surface area contributed by atoms with Crippen LogP contribution in [0.25, 0.3) is 75.1 Å².